The van der Waals surface area contributed by atoms with Gasteiger partial charge in [-0.3, -0.25) is 0 Å². The maximum Gasteiger partial charge on any atom is 0.169 e. The molecule has 0 aliphatic heterocycles. The van der Waals surface area contributed by atoms with Gasteiger partial charge in [-0.2, -0.15) is 0 Å². The zero-order valence-electron chi connectivity index (χ0n) is 10.8. The Labute approximate surface area is 144 Å². The smallest absolute Gasteiger partial charge is 0.169 e. The minimum absolute atomic E-state index is 0.107. The van der Waals surface area contributed by atoms with Crippen LogP contribution in [0.4, 0.5) is 0 Å². The molecule has 2 aromatic carbocycles. The second-order valence-corrected chi connectivity index (χ2v) is 6.30. The summed E-state index contributed by atoms with van der Waals surface area (Å²) < 4.78 is 5.65. The van der Waals surface area contributed by atoms with E-state index in [2.05, 4.69) is 10.2 Å². The summed E-state index contributed by atoms with van der Waals surface area (Å²) in [5.41, 5.74) is 2.21. The molecule has 0 atom stereocenters. The van der Waals surface area contributed by atoms with Crippen LogP contribution in [-0.2, 0) is 0 Å². The quantitative estimate of drug-likeness (QED) is 0.643. The van der Waals surface area contributed by atoms with Crippen LogP contribution in [0.25, 0.3) is 10.6 Å². The van der Waals surface area contributed by atoms with Crippen molar-refractivity contribution in [1.29, 1.82) is 0 Å². The zero-order chi connectivity index (χ0) is 15.7. The van der Waals surface area contributed by atoms with Crippen molar-refractivity contribution in [1.82, 2.24) is 10.2 Å². The van der Waals surface area contributed by atoms with E-state index in [1.165, 1.54) is 17.4 Å². The highest BCUT2D eigenvalue weighted by molar-refractivity contribution is 7.12. The minimum atomic E-state index is -0.107. The second-order valence-electron chi connectivity index (χ2n) is 4.22. The lowest BCUT2D eigenvalue weighted by Gasteiger charge is -2.11. The average Bonchev–Trinajstić information content (AvgIpc) is 2.98. The summed E-state index contributed by atoms with van der Waals surface area (Å²) in [5.74, 6) is 0.468. The molecule has 0 spiro atoms. The number of hydrogen-bond donors (Lipinski definition) is 1. The Morgan fingerprint density at radius 2 is 1.82 bits per heavy atom. The number of halogens is 3. The lowest BCUT2D eigenvalue weighted by atomic mass is 10.2. The molecule has 0 amide bonds. The Morgan fingerprint density at radius 3 is 2.50 bits per heavy atom. The minimum Gasteiger partial charge on any atom is -0.504 e. The first-order chi connectivity index (χ1) is 10.5. The molecular weight excluding hydrogens is 367 g/mol. The van der Waals surface area contributed by atoms with Crippen molar-refractivity contribution < 1.29 is 9.84 Å². The monoisotopic (exact) mass is 372 g/mol. The van der Waals surface area contributed by atoms with Crippen LogP contribution < -0.4 is 4.74 Å². The van der Waals surface area contributed by atoms with E-state index in [1.807, 2.05) is 0 Å². The fourth-order valence-corrected chi connectivity index (χ4v) is 3.09. The first-order valence-electron chi connectivity index (χ1n) is 5.96. The SMILES string of the molecule is Oc1cc(Cl)c(-c2nncs2)cc1Oc1ccc(Cl)cc1Cl. The van der Waals surface area contributed by atoms with E-state index in [-0.39, 0.29) is 11.5 Å². The van der Waals surface area contributed by atoms with Crippen LogP contribution in [0.2, 0.25) is 15.1 Å². The molecule has 0 aliphatic carbocycles. The average molecular weight is 374 g/mol. The highest BCUT2D eigenvalue weighted by Crippen LogP contribution is 2.41. The van der Waals surface area contributed by atoms with E-state index in [0.29, 0.717) is 31.4 Å². The largest absolute Gasteiger partial charge is 0.504 e. The first kappa shape index (κ1) is 15.4. The third-order valence-corrected chi connectivity index (χ3v) is 4.32. The molecule has 0 unspecified atom stereocenters. The molecule has 4 nitrogen and oxygen atoms in total. The van der Waals surface area contributed by atoms with Crippen LogP contribution in [0.15, 0.2) is 35.8 Å². The summed E-state index contributed by atoms with van der Waals surface area (Å²) in [4.78, 5) is 0. The molecule has 112 valence electrons. The van der Waals surface area contributed by atoms with E-state index in [0.717, 1.165) is 0 Å². The standard InChI is InChI=1S/C14H7Cl3N2O2S/c15-7-1-2-12(10(17)3-7)21-13-4-8(9(16)5-11(13)20)14-19-18-6-22-14/h1-6,20H. The van der Waals surface area contributed by atoms with Crippen LogP contribution in [0, 0.1) is 0 Å². The van der Waals surface area contributed by atoms with Gasteiger partial charge >= 0.3 is 0 Å². The molecule has 22 heavy (non-hydrogen) atoms. The Kier molecular flexibility index (Phi) is 4.40. The van der Waals surface area contributed by atoms with Crippen LogP contribution >= 0.6 is 46.1 Å². The van der Waals surface area contributed by atoms with Crippen molar-refractivity contribution in [2.45, 2.75) is 0 Å². The molecule has 0 bridgehead atoms. The maximum atomic E-state index is 10.0. The summed E-state index contributed by atoms with van der Waals surface area (Å²) in [6.45, 7) is 0. The van der Waals surface area contributed by atoms with Gasteiger partial charge in [0.1, 0.15) is 16.3 Å². The molecule has 1 heterocycles. The number of phenols is 1. The predicted octanol–water partition coefficient (Wildman–Crippen LogP) is 5.66. The fraction of sp³-hybridized carbons (Fsp3) is 0. The topological polar surface area (TPSA) is 55.2 Å². The highest BCUT2D eigenvalue weighted by Gasteiger charge is 2.15. The van der Waals surface area contributed by atoms with Gasteiger partial charge in [0, 0.05) is 16.7 Å². The Balaban J connectivity index is 2.02. The molecule has 3 rings (SSSR count). The third-order valence-electron chi connectivity index (χ3n) is 2.75. The van der Waals surface area contributed by atoms with Gasteiger partial charge in [-0.05, 0) is 24.3 Å². The summed E-state index contributed by atoms with van der Waals surface area (Å²) in [6, 6.07) is 7.78. The first-order valence-corrected chi connectivity index (χ1v) is 7.98. The lowest BCUT2D eigenvalue weighted by Crippen LogP contribution is -1.88. The number of nitrogens with zero attached hydrogens (tertiary/aromatic N) is 2. The van der Waals surface area contributed by atoms with Gasteiger partial charge in [0.05, 0.1) is 10.0 Å². The van der Waals surface area contributed by atoms with Crippen molar-refractivity contribution in [3.8, 4) is 27.8 Å². The molecule has 1 aromatic heterocycles. The number of benzene rings is 2. The number of ether oxygens (including phenoxy) is 1. The number of rotatable bonds is 3. The summed E-state index contributed by atoms with van der Waals surface area (Å²) in [6.07, 6.45) is 0. The number of phenolic OH excluding ortho intramolecular Hbond substituents is 1. The van der Waals surface area contributed by atoms with Crippen molar-refractivity contribution >= 4 is 46.1 Å². The molecule has 0 fully saturated rings. The van der Waals surface area contributed by atoms with Gasteiger partial charge in [0.2, 0.25) is 0 Å². The number of hydrogen-bond acceptors (Lipinski definition) is 5. The normalized spacial score (nSPS) is 10.7. The van der Waals surface area contributed by atoms with Gasteiger partial charge in [-0.1, -0.05) is 46.1 Å². The summed E-state index contributed by atoms with van der Waals surface area (Å²) >= 11 is 19.4. The summed E-state index contributed by atoms with van der Waals surface area (Å²) in [7, 11) is 0. The van der Waals surface area contributed by atoms with Crippen LogP contribution in [-0.4, -0.2) is 15.3 Å². The van der Waals surface area contributed by atoms with Crippen LogP contribution in [0.3, 0.4) is 0 Å². The fourth-order valence-electron chi connectivity index (χ4n) is 1.76. The predicted molar refractivity (Wildman–Crippen MR) is 88.6 cm³/mol. The molecule has 1 N–H and O–H groups in total. The van der Waals surface area contributed by atoms with Gasteiger partial charge in [-0.15, -0.1) is 10.2 Å². The Hall–Kier alpha value is -1.53. The van der Waals surface area contributed by atoms with E-state index >= 15 is 0 Å². The van der Waals surface area contributed by atoms with Gasteiger partial charge < -0.3 is 9.84 Å². The Bertz CT molecular complexity index is 825. The Morgan fingerprint density at radius 1 is 1.00 bits per heavy atom. The highest BCUT2D eigenvalue weighted by atomic mass is 35.5. The number of aromatic nitrogens is 2. The van der Waals surface area contributed by atoms with E-state index in [9.17, 15) is 5.11 Å². The van der Waals surface area contributed by atoms with E-state index in [4.69, 9.17) is 39.5 Å². The molecule has 0 saturated heterocycles. The van der Waals surface area contributed by atoms with Gasteiger partial charge in [0.15, 0.2) is 11.5 Å². The van der Waals surface area contributed by atoms with Crippen molar-refractivity contribution in [2.24, 2.45) is 0 Å². The molecule has 8 heteroatoms. The summed E-state index contributed by atoms with van der Waals surface area (Å²) in [5, 5.41) is 19.5. The van der Waals surface area contributed by atoms with Crippen molar-refractivity contribution in [3.05, 3.63) is 50.9 Å². The van der Waals surface area contributed by atoms with Gasteiger partial charge in [0.25, 0.3) is 0 Å². The number of aromatic hydroxyl groups is 1. The molecule has 0 aliphatic rings. The maximum absolute atomic E-state index is 10.0. The molecular formula is C14H7Cl3N2O2S. The van der Waals surface area contributed by atoms with Crippen LogP contribution in [0.5, 0.6) is 17.2 Å². The molecule has 3 aromatic rings. The zero-order valence-corrected chi connectivity index (χ0v) is 13.8. The van der Waals surface area contributed by atoms with E-state index < -0.39 is 0 Å². The second kappa shape index (κ2) is 6.30. The van der Waals surface area contributed by atoms with Crippen molar-refractivity contribution in [3.63, 3.8) is 0 Å². The van der Waals surface area contributed by atoms with Crippen molar-refractivity contribution in [2.75, 3.05) is 0 Å². The van der Waals surface area contributed by atoms with Gasteiger partial charge in [-0.25, -0.2) is 0 Å². The third kappa shape index (κ3) is 3.13. The lowest BCUT2D eigenvalue weighted by molar-refractivity contribution is 0.411. The molecule has 0 radical (unpaired) electrons. The van der Waals surface area contributed by atoms with E-state index in [1.54, 1.807) is 29.8 Å². The molecule has 0 saturated carbocycles. The van der Waals surface area contributed by atoms with Crippen LogP contribution in [0.1, 0.15) is 0 Å².